The first-order valence-electron chi connectivity index (χ1n) is 7.98. The predicted octanol–water partition coefficient (Wildman–Crippen LogP) is 3.29. The van der Waals surface area contributed by atoms with Crippen LogP contribution >= 0.6 is 27.3 Å². The minimum atomic E-state index is -0.0765. The zero-order valence-electron chi connectivity index (χ0n) is 13.3. The van der Waals surface area contributed by atoms with Crippen LogP contribution in [-0.2, 0) is 0 Å². The van der Waals surface area contributed by atoms with Gasteiger partial charge in [-0.2, -0.15) is 0 Å². The Morgan fingerprint density at radius 3 is 3.08 bits per heavy atom. The van der Waals surface area contributed by atoms with Crippen molar-refractivity contribution in [3.05, 3.63) is 46.6 Å². The van der Waals surface area contributed by atoms with Crippen LogP contribution < -0.4 is 16.0 Å². The van der Waals surface area contributed by atoms with Crippen LogP contribution in [0.15, 0.2) is 41.0 Å². The molecule has 3 heterocycles. The van der Waals surface area contributed by atoms with Crippen LogP contribution in [0.5, 0.6) is 0 Å². The molecule has 2 aromatic heterocycles. The van der Waals surface area contributed by atoms with Crippen LogP contribution in [-0.4, -0.2) is 35.0 Å². The van der Waals surface area contributed by atoms with Crippen molar-refractivity contribution in [2.75, 3.05) is 18.4 Å². The molecule has 1 aromatic carbocycles. The molecule has 0 aliphatic carbocycles. The fraction of sp³-hybridized carbons (Fsp3) is 0.235. The van der Waals surface area contributed by atoms with Gasteiger partial charge in [-0.05, 0) is 43.3 Å². The van der Waals surface area contributed by atoms with Crippen molar-refractivity contribution < 1.29 is 4.79 Å². The van der Waals surface area contributed by atoms with Crippen molar-refractivity contribution in [1.29, 1.82) is 0 Å². The highest BCUT2D eigenvalue weighted by Crippen LogP contribution is 2.30. The summed E-state index contributed by atoms with van der Waals surface area (Å²) in [6.45, 7) is 1.77. The molecule has 0 unspecified atom stereocenters. The fourth-order valence-corrected chi connectivity index (χ4v) is 4.17. The lowest BCUT2D eigenvalue weighted by Crippen LogP contribution is -2.36. The van der Waals surface area contributed by atoms with E-state index in [0.29, 0.717) is 11.4 Å². The van der Waals surface area contributed by atoms with Crippen molar-refractivity contribution in [1.82, 2.24) is 20.6 Å². The van der Waals surface area contributed by atoms with Crippen molar-refractivity contribution in [2.24, 2.45) is 0 Å². The summed E-state index contributed by atoms with van der Waals surface area (Å²) in [6, 6.07) is 9.63. The molecular weight excluding hydrogens is 402 g/mol. The summed E-state index contributed by atoms with van der Waals surface area (Å²) >= 11 is 5.01. The number of amides is 1. The normalized spacial score (nSPS) is 16.9. The average molecular weight is 418 g/mol. The van der Waals surface area contributed by atoms with Crippen molar-refractivity contribution >= 4 is 54.3 Å². The molecule has 1 amide bonds. The summed E-state index contributed by atoms with van der Waals surface area (Å²) in [5.41, 5.74) is 1.52. The molecule has 6 nitrogen and oxygen atoms in total. The van der Waals surface area contributed by atoms with E-state index < -0.39 is 0 Å². The third-order valence-electron chi connectivity index (χ3n) is 4.00. The van der Waals surface area contributed by atoms with E-state index >= 15 is 0 Å². The number of halogens is 1. The Morgan fingerprint density at radius 1 is 1.32 bits per heavy atom. The summed E-state index contributed by atoms with van der Waals surface area (Å²) in [7, 11) is 0. The molecular formula is C17H16BrN5OS. The third kappa shape index (κ3) is 3.81. The lowest BCUT2D eigenvalue weighted by Gasteiger charge is -2.11. The molecule has 1 saturated heterocycles. The van der Waals surface area contributed by atoms with Crippen molar-refractivity contribution in [2.45, 2.75) is 12.5 Å². The van der Waals surface area contributed by atoms with E-state index in [2.05, 4.69) is 41.8 Å². The number of thiazole rings is 1. The zero-order valence-corrected chi connectivity index (χ0v) is 15.7. The molecule has 1 atom stereocenters. The van der Waals surface area contributed by atoms with E-state index in [-0.39, 0.29) is 11.9 Å². The average Bonchev–Trinajstić information content (AvgIpc) is 3.24. The molecule has 4 rings (SSSR count). The van der Waals surface area contributed by atoms with Crippen LogP contribution in [0.1, 0.15) is 16.8 Å². The van der Waals surface area contributed by atoms with Crippen molar-refractivity contribution in [3.63, 3.8) is 0 Å². The van der Waals surface area contributed by atoms with Gasteiger partial charge in [0, 0.05) is 28.8 Å². The van der Waals surface area contributed by atoms with Gasteiger partial charge in [-0.3, -0.25) is 4.79 Å². The summed E-state index contributed by atoms with van der Waals surface area (Å²) in [5.74, 6) is 0.530. The number of fused-ring (bicyclic) bond motifs is 1. The lowest BCUT2D eigenvalue weighted by atomic mass is 10.2. The zero-order chi connectivity index (χ0) is 17.2. The second-order valence-electron chi connectivity index (χ2n) is 5.85. The maximum atomic E-state index is 12.4. The predicted molar refractivity (Wildman–Crippen MR) is 104 cm³/mol. The second-order valence-corrected chi connectivity index (χ2v) is 7.80. The molecule has 1 aliphatic heterocycles. The van der Waals surface area contributed by atoms with E-state index in [4.69, 9.17) is 0 Å². The number of aromatic nitrogens is 2. The van der Waals surface area contributed by atoms with E-state index in [1.165, 1.54) is 0 Å². The summed E-state index contributed by atoms with van der Waals surface area (Å²) < 4.78 is 2.10. The molecule has 0 bridgehead atoms. The number of hydrogen-bond acceptors (Lipinski definition) is 6. The minimum absolute atomic E-state index is 0.0765. The maximum Gasteiger partial charge on any atom is 0.251 e. The SMILES string of the molecule is O=C(N[C@H]1CCNC1)c1ccnc(Nc2nc3ccc(Br)cc3s2)c1. The summed E-state index contributed by atoms with van der Waals surface area (Å²) in [6.07, 6.45) is 2.59. The van der Waals surface area contributed by atoms with Gasteiger partial charge in [0.25, 0.3) is 5.91 Å². The van der Waals surface area contributed by atoms with Gasteiger partial charge < -0.3 is 16.0 Å². The van der Waals surface area contributed by atoms with E-state index in [1.54, 1.807) is 29.7 Å². The number of carbonyl (C=O) groups excluding carboxylic acids is 1. The van der Waals surface area contributed by atoms with Crippen LogP contribution in [0.25, 0.3) is 10.2 Å². The topological polar surface area (TPSA) is 78.9 Å². The van der Waals surface area contributed by atoms with Gasteiger partial charge in [-0.1, -0.05) is 27.3 Å². The number of rotatable bonds is 4. The van der Waals surface area contributed by atoms with Gasteiger partial charge in [0.1, 0.15) is 5.82 Å². The van der Waals surface area contributed by atoms with Gasteiger partial charge in [0.15, 0.2) is 5.13 Å². The number of benzene rings is 1. The first-order valence-corrected chi connectivity index (χ1v) is 9.59. The molecule has 3 aromatic rings. The smallest absolute Gasteiger partial charge is 0.251 e. The number of carbonyl (C=O) groups is 1. The molecule has 0 radical (unpaired) electrons. The van der Waals surface area contributed by atoms with Crippen LogP contribution in [0.4, 0.5) is 10.9 Å². The maximum absolute atomic E-state index is 12.4. The number of nitrogens with one attached hydrogen (secondary N) is 3. The largest absolute Gasteiger partial charge is 0.348 e. The van der Waals surface area contributed by atoms with Gasteiger partial charge in [0.05, 0.1) is 10.2 Å². The molecule has 1 fully saturated rings. The molecule has 1 aliphatic rings. The van der Waals surface area contributed by atoms with E-state index in [0.717, 1.165) is 39.3 Å². The van der Waals surface area contributed by atoms with Gasteiger partial charge in [-0.25, -0.2) is 9.97 Å². The second kappa shape index (κ2) is 7.07. The number of anilines is 2. The Balaban J connectivity index is 1.51. The van der Waals surface area contributed by atoms with E-state index in [1.807, 2.05) is 18.2 Å². The Bertz CT molecular complexity index is 922. The monoisotopic (exact) mass is 417 g/mol. The van der Waals surface area contributed by atoms with Crippen LogP contribution in [0, 0.1) is 0 Å². The standard InChI is InChI=1S/C17H16BrN5OS/c18-11-1-2-13-14(8-11)25-17(22-13)23-15-7-10(3-6-20-15)16(24)21-12-4-5-19-9-12/h1-3,6-8,12,19H,4-5,9H2,(H,21,24)(H,20,22,23)/t12-/m0/s1. The molecule has 8 heteroatoms. The molecule has 0 spiro atoms. The van der Waals surface area contributed by atoms with Crippen LogP contribution in [0.2, 0.25) is 0 Å². The Kier molecular flexibility index (Phi) is 4.65. The highest BCUT2D eigenvalue weighted by Gasteiger charge is 2.18. The van der Waals surface area contributed by atoms with Gasteiger partial charge in [-0.15, -0.1) is 0 Å². The highest BCUT2D eigenvalue weighted by molar-refractivity contribution is 9.10. The summed E-state index contributed by atoms with van der Waals surface area (Å²) in [4.78, 5) is 21.2. The first-order chi connectivity index (χ1) is 12.2. The lowest BCUT2D eigenvalue weighted by molar-refractivity contribution is 0.0940. The Hall–Kier alpha value is -2.03. The Labute approximate surface area is 157 Å². The highest BCUT2D eigenvalue weighted by atomic mass is 79.9. The first kappa shape index (κ1) is 16.4. The van der Waals surface area contributed by atoms with Gasteiger partial charge in [0.2, 0.25) is 0 Å². The van der Waals surface area contributed by atoms with Crippen molar-refractivity contribution in [3.8, 4) is 0 Å². The number of pyridine rings is 1. The minimum Gasteiger partial charge on any atom is -0.348 e. The molecule has 0 saturated carbocycles. The van der Waals surface area contributed by atoms with E-state index in [9.17, 15) is 4.79 Å². The number of nitrogens with zero attached hydrogens (tertiary/aromatic N) is 2. The number of hydrogen-bond donors (Lipinski definition) is 3. The fourth-order valence-electron chi connectivity index (χ4n) is 2.75. The third-order valence-corrected chi connectivity index (χ3v) is 5.43. The summed E-state index contributed by atoms with van der Waals surface area (Å²) in [5, 5.41) is 10.2. The molecule has 3 N–H and O–H groups in total. The molecule has 128 valence electrons. The quantitative estimate of drug-likeness (QED) is 0.606. The van der Waals surface area contributed by atoms with Gasteiger partial charge >= 0.3 is 0 Å². The Morgan fingerprint density at radius 2 is 2.24 bits per heavy atom. The van der Waals surface area contributed by atoms with Crippen LogP contribution in [0.3, 0.4) is 0 Å². The molecule has 25 heavy (non-hydrogen) atoms.